The van der Waals surface area contributed by atoms with Crippen LogP contribution in [0.15, 0.2) is 241 Å². The van der Waals surface area contributed by atoms with Crippen LogP contribution in [0.2, 0.25) is 0 Å². The highest BCUT2D eigenvalue weighted by Gasteiger charge is 2.17. The van der Waals surface area contributed by atoms with Gasteiger partial charge in [0.15, 0.2) is 0 Å². The number of furan rings is 1. The lowest BCUT2D eigenvalue weighted by molar-refractivity contribution is 0.670. The molecule has 0 saturated heterocycles. The minimum Gasteiger partial charge on any atom is -0.455 e. The number of para-hydroxylation sites is 2. The SMILES string of the molecule is c1cc(-c2ccc(N(c3ccc(-c4cccc5c4ccc4ccccc45)cc3)c3ccc(-c4cccc5c4oc4ccccc45)cc3)cc2)cc(-c2cccc3ccccc23)c1. The summed E-state index contributed by atoms with van der Waals surface area (Å²) in [7, 11) is 0. The molecule has 0 aliphatic carbocycles. The van der Waals surface area contributed by atoms with Crippen LogP contribution in [0.3, 0.4) is 0 Å². The van der Waals surface area contributed by atoms with Gasteiger partial charge in [-0.3, -0.25) is 0 Å². The molecule has 11 aromatic carbocycles. The largest absolute Gasteiger partial charge is 0.455 e. The fraction of sp³-hybridized carbons (Fsp3) is 0. The van der Waals surface area contributed by atoms with Crippen molar-refractivity contribution in [2.24, 2.45) is 0 Å². The fourth-order valence-corrected chi connectivity index (χ4v) is 9.44. The zero-order valence-electron chi connectivity index (χ0n) is 33.9. The van der Waals surface area contributed by atoms with E-state index in [1.165, 1.54) is 65.7 Å². The van der Waals surface area contributed by atoms with Crippen LogP contribution >= 0.6 is 0 Å². The number of nitrogens with zero attached hydrogens (tertiary/aromatic N) is 1. The summed E-state index contributed by atoms with van der Waals surface area (Å²) in [5, 5.41) is 9.84. The van der Waals surface area contributed by atoms with Gasteiger partial charge in [-0.05, 0) is 120 Å². The van der Waals surface area contributed by atoms with Gasteiger partial charge in [0.2, 0.25) is 0 Å². The van der Waals surface area contributed by atoms with Crippen LogP contribution in [0, 0.1) is 0 Å². The molecular formula is C60H39NO. The van der Waals surface area contributed by atoms with E-state index in [1.807, 2.05) is 12.1 Å². The zero-order valence-corrected chi connectivity index (χ0v) is 33.9. The van der Waals surface area contributed by atoms with Crippen molar-refractivity contribution in [1.29, 1.82) is 0 Å². The maximum Gasteiger partial charge on any atom is 0.143 e. The summed E-state index contributed by atoms with van der Waals surface area (Å²) in [6, 6.07) is 85.4. The summed E-state index contributed by atoms with van der Waals surface area (Å²) in [5.74, 6) is 0. The van der Waals surface area contributed by atoms with Crippen LogP contribution in [0.5, 0.6) is 0 Å². The van der Waals surface area contributed by atoms with Crippen molar-refractivity contribution in [3.05, 3.63) is 237 Å². The van der Waals surface area contributed by atoms with E-state index in [4.69, 9.17) is 4.42 Å². The maximum absolute atomic E-state index is 6.44. The molecule has 2 heteroatoms. The first kappa shape index (κ1) is 35.7. The van der Waals surface area contributed by atoms with E-state index in [-0.39, 0.29) is 0 Å². The molecule has 0 bridgehead atoms. The van der Waals surface area contributed by atoms with Crippen LogP contribution in [-0.4, -0.2) is 0 Å². The number of rotatable bonds is 7. The highest BCUT2D eigenvalue weighted by atomic mass is 16.3. The van der Waals surface area contributed by atoms with Gasteiger partial charge in [0.25, 0.3) is 0 Å². The van der Waals surface area contributed by atoms with E-state index >= 15 is 0 Å². The molecule has 0 N–H and O–H groups in total. The quantitative estimate of drug-likeness (QED) is 0.150. The second-order valence-electron chi connectivity index (χ2n) is 16.1. The summed E-state index contributed by atoms with van der Waals surface area (Å²) in [6.45, 7) is 0. The molecule has 0 saturated carbocycles. The van der Waals surface area contributed by atoms with Crippen molar-refractivity contribution >= 4 is 71.3 Å². The van der Waals surface area contributed by atoms with Gasteiger partial charge in [0, 0.05) is 33.4 Å². The Labute approximate surface area is 360 Å². The molecule has 12 aromatic rings. The molecule has 62 heavy (non-hydrogen) atoms. The fourth-order valence-electron chi connectivity index (χ4n) is 9.44. The molecule has 0 spiro atoms. The zero-order chi connectivity index (χ0) is 41.0. The molecule has 290 valence electrons. The van der Waals surface area contributed by atoms with E-state index in [0.29, 0.717) is 0 Å². The monoisotopic (exact) mass is 789 g/mol. The Hall–Kier alpha value is -8.20. The lowest BCUT2D eigenvalue weighted by Gasteiger charge is -2.26. The summed E-state index contributed by atoms with van der Waals surface area (Å²) in [5.41, 5.74) is 14.5. The van der Waals surface area contributed by atoms with Crippen molar-refractivity contribution in [1.82, 2.24) is 0 Å². The van der Waals surface area contributed by atoms with Crippen molar-refractivity contribution in [3.8, 4) is 44.5 Å². The first-order valence-corrected chi connectivity index (χ1v) is 21.2. The third-order valence-corrected chi connectivity index (χ3v) is 12.5. The molecule has 0 radical (unpaired) electrons. The third kappa shape index (κ3) is 6.12. The second kappa shape index (κ2) is 14.8. The predicted octanol–water partition coefficient (Wildman–Crippen LogP) is 17.2. The molecule has 12 rings (SSSR count). The molecule has 0 fully saturated rings. The van der Waals surface area contributed by atoms with E-state index in [9.17, 15) is 0 Å². The van der Waals surface area contributed by atoms with Crippen LogP contribution in [0.1, 0.15) is 0 Å². The molecule has 0 aliphatic rings. The Bertz CT molecular complexity index is 3610. The summed E-state index contributed by atoms with van der Waals surface area (Å²) in [4.78, 5) is 2.35. The van der Waals surface area contributed by atoms with Crippen LogP contribution in [0.25, 0.3) is 98.8 Å². The number of hydrogen-bond donors (Lipinski definition) is 0. The Morgan fingerprint density at radius 2 is 0.742 bits per heavy atom. The topological polar surface area (TPSA) is 16.4 Å². The van der Waals surface area contributed by atoms with Gasteiger partial charge in [-0.1, -0.05) is 188 Å². The van der Waals surface area contributed by atoms with E-state index in [2.05, 4.69) is 229 Å². The molecule has 0 amide bonds. The van der Waals surface area contributed by atoms with Crippen molar-refractivity contribution in [2.75, 3.05) is 4.90 Å². The number of fused-ring (bicyclic) bond motifs is 7. The Balaban J connectivity index is 0.933. The molecule has 0 atom stereocenters. The number of hydrogen-bond acceptors (Lipinski definition) is 2. The Morgan fingerprint density at radius 1 is 0.258 bits per heavy atom. The highest BCUT2D eigenvalue weighted by molar-refractivity contribution is 6.12. The van der Waals surface area contributed by atoms with E-state index in [0.717, 1.165) is 50.1 Å². The molecule has 0 aliphatic heterocycles. The number of benzene rings is 11. The van der Waals surface area contributed by atoms with Crippen molar-refractivity contribution in [2.45, 2.75) is 0 Å². The average molecular weight is 790 g/mol. The third-order valence-electron chi connectivity index (χ3n) is 12.5. The van der Waals surface area contributed by atoms with Gasteiger partial charge in [-0.15, -0.1) is 0 Å². The maximum atomic E-state index is 6.44. The molecule has 1 aromatic heterocycles. The molecule has 2 nitrogen and oxygen atoms in total. The first-order chi connectivity index (χ1) is 30.7. The minimum absolute atomic E-state index is 0.904. The second-order valence-corrected chi connectivity index (χ2v) is 16.1. The summed E-state index contributed by atoms with van der Waals surface area (Å²) in [6.07, 6.45) is 0. The number of anilines is 3. The lowest BCUT2D eigenvalue weighted by Crippen LogP contribution is -2.09. The van der Waals surface area contributed by atoms with Gasteiger partial charge in [-0.25, -0.2) is 0 Å². The van der Waals surface area contributed by atoms with E-state index < -0.39 is 0 Å². The van der Waals surface area contributed by atoms with Gasteiger partial charge in [0.05, 0.1) is 0 Å². The Kier molecular flexibility index (Phi) is 8.53. The summed E-state index contributed by atoms with van der Waals surface area (Å²) >= 11 is 0. The highest BCUT2D eigenvalue weighted by Crippen LogP contribution is 2.41. The smallest absolute Gasteiger partial charge is 0.143 e. The molecule has 1 heterocycles. The normalized spacial score (nSPS) is 11.5. The van der Waals surface area contributed by atoms with Crippen molar-refractivity contribution < 1.29 is 4.42 Å². The minimum atomic E-state index is 0.904. The van der Waals surface area contributed by atoms with Crippen LogP contribution < -0.4 is 4.90 Å². The molecule has 0 unspecified atom stereocenters. The Morgan fingerprint density at radius 3 is 1.47 bits per heavy atom. The van der Waals surface area contributed by atoms with Gasteiger partial charge >= 0.3 is 0 Å². The van der Waals surface area contributed by atoms with E-state index in [1.54, 1.807) is 0 Å². The first-order valence-electron chi connectivity index (χ1n) is 21.2. The van der Waals surface area contributed by atoms with Crippen LogP contribution in [-0.2, 0) is 0 Å². The van der Waals surface area contributed by atoms with Crippen molar-refractivity contribution in [3.63, 3.8) is 0 Å². The van der Waals surface area contributed by atoms with Gasteiger partial charge < -0.3 is 9.32 Å². The standard InChI is InChI=1S/C60H39NO/c1-3-16-50-41(11-1)13-8-19-53(50)46-15-7-14-45(39-46)40-25-32-47(33-26-40)61(49-36-29-44(30-37-49)54-21-10-23-58-57-18-5-6-24-59(57)62-60(54)58)48-34-27-43(28-35-48)52-20-9-22-55-51-17-4-2-12-42(51)31-38-56(52)55/h1-39H. The van der Waals surface area contributed by atoms with Gasteiger partial charge in [-0.2, -0.15) is 0 Å². The van der Waals surface area contributed by atoms with Gasteiger partial charge in [0.1, 0.15) is 11.2 Å². The van der Waals surface area contributed by atoms with Crippen LogP contribution in [0.4, 0.5) is 17.1 Å². The average Bonchev–Trinajstić information content (AvgIpc) is 3.74. The lowest BCUT2D eigenvalue weighted by atomic mass is 9.94. The molecular weight excluding hydrogens is 751 g/mol. The predicted molar refractivity (Wildman–Crippen MR) is 263 cm³/mol. The summed E-state index contributed by atoms with van der Waals surface area (Å²) < 4.78 is 6.44.